The minimum Gasteiger partial charge on any atom is -0.390 e. The van der Waals surface area contributed by atoms with Crippen molar-refractivity contribution in [3.8, 4) is 0 Å². The lowest BCUT2D eigenvalue weighted by Gasteiger charge is -2.60. The molecule has 4 saturated carbocycles. The number of aromatic nitrogens is 3. The maximum atomic E-state index is 13.5. The number of benzene rings is 2. The average molecular weight is 568 g/mol. The second kappa shape index (κ2) is 10.2. The van der Waals surface area contributed by atoms with Crippen molar-refractivity contribution in [2.75, 3.05) is 16.0 Å². The zero-order valence-electron chi connectivity index (χ0n) is 23.4. The Balaban J connectivity index is 0.999. The topological polar surface area (TPSA) is 124 Å². The van der Waals surface area contributed by atoms with E-state index in [2.05, 4.69) is 36.2 Å². The van der Waals surface area contributed by atoms with Crippen LogP contribution in [-0.2, 0) is 0 Å². The summed E-state index contributed by atoms with van der Waals surface area (Å²) in [6.07, 6.45) is 8.75. The lowest BCUT2D eigenvalue weighted by atomic mass is 9.51. The summed E-state index contributed by atoms with van der Waals surface area (Å²) in [6, 6.07) is 15.5. The molecular formula is C32H34FN7O2. The van der Waals surface area contributed by atoms with E-state index in [1.54, 1.807) is 24.5 Å². The van der Waals surface area contributed by atoms with Gasteiger partial charge in [-0.25, -0.2) is 19.2 Å². The Labute approximate surface area is 243 Å². The summed E-state index contributed by atoms with van der Waals surface area (Å²) in [7, 11) is 0. The third kappa shape index (κ3) is 5.46. The molecule has 2 amide bonds. The molecule has 4 bridgehead atoms. The van der Waals surface area contributed by atoms with E-state index in [1.165, 1.54) is 12.1 Å². The van der Waals surface area contributed by atoms with Gasteiger partial charge < -0.3 is 21.1 Å². The van der Waals surface area contributed by atoms with Crippen molar-refractivity contribution >= 4 is 39.9 Å². The standard InChI is InChI=1S/C32H34FN7O2/c1-19(27-8-7-26(17-34-27)37-24-4-2-3-23(33)10-24)36-25-6-5-22-16-35-29(38-28(22)11-25)39-30(41)40-31-12-20-9-21(13-31)15-32(42,14-20)18-31/h2-8,10-11,16-17,19-21,36-37,42H,9,12-15,18H2,1H3,(H2,35,38,39,40,41). The van der Waals surface area contributed by atoms with Crippen LogP contribution >= 0.6 is 0 Å². The van der Waals surface area contributed by atoms with E-state index in [0.717, 1.165) is 54.6 Å². The number of rotatable bonds is 7. The molecule has 9 nitrogen and oxygen atoms in total. The molecule has 42 heavy (non-hydrogen) atoms. The number of carbonyl (C=O) groups is 1. The first kappa shape index (κ1) is 26.6. The van der Waals surface area contributed by atoms with Crippen molar-refractivity contribution in [1.82, 2.24) is 20.3 Å². The molecule has 4 aromatic rings. The monoisotopic (exact) mass is 567 g/mol. The first-order valence-electron chi connectivity index (χ1n) is 14.6. The summed E-state index contributed by atoms with van der Waals surface area (Å²) >= 11 is 0. The van der Waals surface area contributed by atoms with Gasteiger partial charge in [-0.05, 0) is 106 Å². The summed E-state index contributed by atoms with van der Waals surface area (Å²) in [4.78, 5) is 26.5. The molecule has 2 aromatic heterocycles. The maximum Gasteiger partial charge on any atom is 0.322 e. The van der Waals surface area contributed by atoms with Gasteiger partial charge in [0.25, 0.3) is 0 Å². The number of halogens is 1. The summed E-state index contributed by atoms with van der Waals surface area (Å²) in [6.45, 7) is 2.02. The second-order valence-electron chi connectivity index (χ2n) is 12.5. The van der Waals surface area contributed by atoms with Crippen LogP contribution in [0, 0.1) is 17.7 Å². The molecule has 4 aliphatic rings. The highest BCUT2D eigenvalue weighted by Gasteiger charge is 2.57. The van der Waals surface area contributed by atoms with Crippen LogP contribution in [0.1, 0.15) is 57.2 Å². The van der Waals surface area contributed by atoms with Gasteiger partial charge in [0.05, 0.1) is 34.7 Å². The number of hydrogen-bond donors (Lipinski definition) is 5. The number of amides is 2. The number of nitrogens with zero attached hydrogens (tertiary/aromatic N) is 3. The van der Waals surface area contributed by atoms with E-state index in [1.807, 2.05) is 37.3 Å². The number of pyridine rings is 1. The molecular weight excluding hydrogens is 533 g/mol. The lowest BCUT2D eigenvalue weighted by molar-refractivity contribution is -0.138. The third-order valence-electron chi connectivity index (χ3n) is 8.94. The van der Waals surface area contributed by atoms with Gasteiger partial charge in [-0.1, -0.05) is 6.07 Å². The molecule has 0 aliphatic heterocycles. The van der Waals surface area contributed by atoms with Crippen LogP contribution in [0.2, 0.25) is 0 Å². The van der Waals surface area contributed by atoms with Crippen molar-refractivity contribution in [3.05, 3.63) is 78.5 Å². The molecule has 3 unspecified atom stereocenters. The Hall–Kier alpha value is -4.31. The number of urea groups is 1. The fourth-order valence-corrected chi connectivity index (χ4v) is 7.70. The van der Waals surface area contributed by atoms with Crippen molar-refractivity contribution in [1.29, 1.82) is 0 Å². The van der Waals surface area contributed by atoms with E-state index in [4.69, 9.17) is 0 Å². The van der Waals surface area contributed by atoms with Gasteiger partial charge >= 0.3 is 6.03 Å². The van der Waals surface area contributed by atoms with E-state index in [-0.39, 0.29) is 29.4 Å². The molecule has 2 aromatic carbocycles. The Kier molecular flexibility index (Phi) is 6.46. The van der Waals surface area contributed by atoms with E-state index >= 15 is 0 Å². The number of aliphatic hydroxyl groups is 1. The number of nitrogens with one attached hydrogen (secondary N) is 4. The van der Waals surface area contributed by atoms with Gasteiger partial charge in [-0.2, -0.15) is 0 Å². The van der Waals surface area contributed by atoms with Gasteiger partial charge in [0.1, 0.15) is 5.82 Å². The van der Waals surface area contributed by atoms with Gasteiger partial charge in [-0.3, -0.25) is 10.3 Å². The lowest BCUT2D eigenvalue weighted by Crippen LogP contribution is -2.65. The van der Waals surface area contributed by atoms with E-state index in [9.17, 15) is 14.3 Å². The summed E-state index contributed by atoms with van der Waals surface area (Å²) in [5, 5.41) is 24.5. The highest BCUT2D eigenvalue weighted by atomic mass is 19.1. The average Bonchev–Trinajstić information content (AvgIpc) is 2.91. The van der Waals surface area contributed by atoms with E-state index in [0.29, 0.717) is 29.5 Å². The normalized spacial score (nSPS) is 26.5. The molecule has 0 radical (unpaired) electrons. The number of anilines is 4. The molecule has 216 valence electrons. The molecule has 0 spiro atoms. The van der Waals surface area contributed by atoms with E-state index < -0.39 is 5.60 Å². The molecule has 4 aliphatic carbocycles. The molecule has 10 heteroatoms. The van der Waals surface area contributed by atoms with Crippen molar-refractivity contribution < 1.29 is 14.3 Å². The predicted octanol–water partition coefficient (Wildman–Crippen LogP) is 6.29. The maximum absolute atomic E-state index is 13.5. The molecule has 4 fully saturated rings. The van der Waals surface area contributed by atoms with Crippen molar-refractivity contribution in [2.24, 2.45) is 11.8 Å². The van der Waals surface area contributed by atoms with Gasteiger partial charge in [0.15, 0.2) is 0 Å². The highest BCUT2D eigenvalue weighted by molar-refractivity contribution is 5.90. The quantitative estimate of drug-likeness (QED) is 0.178. The van der Waals surface area contributed by atoms with Crippen molar-refractivity contribution in [2.45, 2.75) is 62.6 Å². The fourth-order valence-electron chi connectivity index (χ4n) is 7.70. The minimum atomic E-state index is -0.644. The smallest absolute Gasteiger partial charge is 0.322 e. The van der Waals surface area contributed by atoms with Crippen LogP contribution in [0.15, 0.2) is 67.0 Å². The Bertz CT molecular complexity index is 1630. The minimum absolute atomic E-state index is 0.0917. The second-order valence-corrected chi connectivity index (χ2v) is 12.5. The Morgan fingerprint density at radius 2 is 1.79 bits per heavy atom. The largest absolute Gasteiger partial charge is 0.390 e. The van der Waals surface area contributed by atoms with Crippen molar-refractivity contribution in [3.63, 3.8) is 0 Å². The fraction of sp³-hybridized carbons (Fsp3) is 0.375. The predicted molar refractivity (Wildman–Crippen MR) is 160 cm³/mol. The zero-order valence-corrected chi connectivity index (χ0v) is 23.4. The van der Waals surface area contributed by atoms with Crippen LogP contribution in [0.25, 0.3) is 10.9 Å². The first-order chi connectivity index (χ1) is 20.2. The molecule has 2 heterocycles. The summed E-state index contributed by atoms with van der Waals surface area (Å²) in [5.74, 6) is 0.891. The number of carbonyl (C=O) groups excluding carboxylic acids is 1. The number of hydrogen-bond acceptors (Lipinski definition) is 7. The molecule has 3 atom stereocenters. The van der Waals surface area contributed by atoms with Crippen LogP contribution in [0.4, 0.5) is 32.2 Å². The summed E-state index contributed by atoms with van der Waals surface area (Å²) < 4.78 is 13.5. The van der Waals surface area contributed by atoms with Gasteiger partial charge in [0, 0.05) is 28.5 Å². The highest BCUT2D eigenvalue weighted by Crippen LogP contribution is 2.57. The molecule has 8 rings (SSSR count). The molecule has 0 saturated heterocycles. The number of fused-ring (bicyclic) bond motifs is 1. The third-order valence-corrected chi connectivity index (χ3v) is 8.94. The SMILES string of the molecule is CC(Nc1ccc2cnc(NC(=O)NC34CC5CC(CC(O)(C5)C3)C4)nc2c1)c1ccc(Nc2cccc(F)c2)cn1. The Morgan fingerprint density at radius 1 is 0.976 bits per heavy atom. The zero-order chi connectivity index (χ0) is 28.9. The summed E-state index contributed by atoms with van der Waals surface area (Å²) in [5.41, 5.74) is 2.83. The Morgan fingerprint density at radius 3 is 2.52 bits per heavy atom. The van der Waals surface area contributed by atoms with Crippen LogP contribution in [0.3, 0.4) is 0 Å². The van der Waals surface area contributed by atoms with Gasteiger partial charge in [0.2, 0.25) is 5.95 Å². The van der Waals surface area contributed by atoms with Crippen LogP contribution < -0.4 is 21.3 Å². The first-order valence-corrected chi connectivity index (χ1v) is 14.6. The van der Waals surface area contributed by atoms with Gasteiger partial charge in [-0.15, -0.1) is 0 Å². The van der Waals surface area contributed by atoms with Crippen LogP contribution in [0.5, 0.6) is 0 Å². The molecule has 5 N–H and O–H groups in total. The van der Waals surface area contributed by atoms with Crippen LogP contribution in [-0.4, -0.2) is 37.2 Å².